The maximum atomic E-state index is 12.4. The summed E-state index contributed by atoms with van der Waals surface area (Å²) in [6.45, 7) is 4.46. The molecule has 1 aromatic carbocycles. The fourth-order valence-corrected chi connectivity index (χ4v) is 2.18. The van der Waals surface area contributed by atoms with Gasteiger partial charge in [-0.15, -0.1) is 0 Å². The van der Waals surface area contributed by atoms with Gasteiger partial charge in [-0.3, -0.25) is 4.79 Å². The summed E-state index contributed by atoms with van der Waals surface area (Å²) in [4.78, 5) is 25.7. The lowest BCUT2D eigenvalue weighted by Crippen LogP contribution is -2.46. The fraction of sp³-hybridized carbons (Fsp3) is 0.529. The summed E-state index contributed by atoms with van der Waals surface area (Å²) in [7, 11) is 2.92. The molecule has 0 aliphatic carbocycles. The van der Waals surface area contributed by atoms with Gasteiger partial charge in [0.15, 0.2) is 6.04 Å². The molecule has 1 rings (SSSR count). The number of benzene rings is 1. The molecule has 2 atom stereocenters. The Kier molecular flexibility index (Phi) is 7.60. The molecule has 1 amide bonds. The van der Waals surface area contributed by atoms with Crippen LogP contribution in [0.4, 0.5) is 0 Å². The van der Waals surface area contributed by atoms with Crippen LogP contribution in [0.2, 0.25) is 0 Å². The first kappa shape index (κ1) is 18.2. The average Bonchev–Trinajstić information content (AvgIpc) is 2.55. The van der Waals surface area contributed by atoms with E-state index in [4.69, 9.17) is 9.47 Å². The normalized spacial score (nSPS) is 13.3. The van der Waals surface area contributed by atoms with Crippen molar-refractivity contribution in [1.29, 1.82) is 0 Å². The molecule has 5 heteroatoms. The van der Waals surface area contributed by atoms with Crippen molar-refractivity contribution in [2.24, 2.45) is 0 Å². The number of ether oxygens (including phenoxy) is 2. The third-order valence-electron chi connectivity index (χ3n) is 3.66. The molecule has 0 aromatic heterocycles. The fourth-order valence-electron chi connectivity index (χ4n) is 2.18. The van der Waals surface area contributed by atoms with Gasteiger partial charge in [0.05, 0.1) is 13.7 Å². The first-order valence-electron chi connectivity index (χ1n) is 7.47. The second-order valence-electron chi connectivity index (χ2n) is 5.22. The molecule has 0 saturated carbocycles. The van der Waals surface area contributed by atoms with Crippen molar-refractivity contribution in [3.05, 3.63) is 35.9 Å². The molecule has 0 bridgehead atoms. The van der Waals surface area contributed by atoms with Gasteiger partial charge in [-0.25, -0.2) is 4.79 Å². The molecule has 5 nitrogen and oxygen atoms in total. The van der Waals surface area contributed by atoms with E-state index in [1.165, 1.54) is 12.0 Å². The number of hydrogen-bond acceptors (Lipinski definition) is 4. The summed E-state index contributed by atoms with van der Waals surface area (Å²) in [5, 5.41) is 0. The summed E-state index contributed by atoms with van der Waals surface area (Å²) in [5.74, 6) is -0.482. The summed E-state index contributed by atoms with van der Waals surface area (Å²) in [6, 6.07) is 9.13. The van der Waals surface area contributed by atoms with Gasteiger partial charge in [0, 0.05) is 20.1 Å². The number of amides is 1. The summed E-state index contributed by atoms with van der Waals surface area (Å²) in [6.07, 6.45) is 0.333. The number of rotatable bonds is 8. The number of nitrogens with zero attached hydrogens (tertiary/aromatic N) is 1. The number of likely N-dealkylation sites (N-methyl/N-ethyl adjacent to an activating group) is 1. The van der Waals surface area contributed by atoms with Gasteiger partial charge in [0.25, 0.3) is 0 Å². The molecular weight excluding hydrogens is 282 g/mol. The van der Waals surface area contributed by atoms with E-state index in [0.717, 1.165) is 5.56 Å². The van der Waals surface area contributed by atoms with Gasteiger partial charge in [-0.2, -0.15) is 0 Å². The van der Waals surface area contributed by atoms with E-state index in [2.05, 4.69) is 0 Å². The van der Waals surface area contributed by atoms with Crippen molar-refractivity contribution < 1.29 is 19.1 Å². The zero-order chi connectivity index (χ0) is 16.5. The zero-order valence-electron chi connectivity index (χ0n) is 13.7. The molecule has 0 aliphatic heterocycles. The van der Waals surface area contributed by atoms with E-state index < -0.39 is 12.0 Å². The minimum Gasteiger partial charge on any atom is -0.467 e. The SMILES string of the molecule is CCOC[C@H](C(=O)OC)N(C)C(=O)C[C@H](C)c1ccccc1. The Morgan fingerprint density at radius 2 is 1.86 bits per heavy atom. The Morgan fingerprint density at radius 1 is 1.23 bits per heavy atom. The highest BCUT2D eigenvalue weighted by Crippen LogP contribution is 2.20. The van der Waals surface area contributed by atoms with Crippen LogP contribution >= 0.6 is 0 Å². The van der Waals surface area contributed by atoms with Crippen LogP contribution in [0.15, 0.2) is 30.3 Å². The molecule has 0 saturated heterocycles. The molecule has 0 spiro atoms. The Bertz CT molecular complexity index is 475. The molecule has 0 radical (unpaired) electrons. The van der Waals surface area contributed by atoms with E-state index in [9.17, 15) is 9.59 Å². The highest BCUT2D eigenvalue weighted by molar-refractivity contribution is 5.84. The standard InChI is InChI=1S/C17H25NO4/c1-5-22-12-15(17(20)21-4)18(3)16(19)11-13(2)14-9-7-6-8-10-14/h6-10,13,15H,5,11-12H2,1-4H3/t13-,15+/m0/s1. The molecule has 0 heterocycles. The minimum atomic E-state index is -0.708. The topological polar surface area (TPSA) is 55.8 Å². The second-order valence-corrected chi connectivity index (χ2v) is 5.22. The Balaban J connectivity index is 2.70. The Labute approximate surface area is 132 Å². The Hall–Kier alpha value is -1.88. The highest BCUT2D eigenvalue weighted by atomic mass is 16.5. The van der Waals surface area contributed by atoms with Crippen LogP contribution in [-0.4, -0.2) is 50.2 Å². The maximum absolute atomic E-state index is 12.4. The summed E-state index contributed by atoms with van der Waals surface area (Å²) in [5.41, 5.74) is 1.10. The van der Waals surface area contributed by atoms with Gasteiger partial charge in [-0.05, 0) is 18.4 Å². The van der Waals surface area contributed by atoms with E-state index >= 15 is 0 Å². The molecule has 0 N–H and O–H groups in total. The monoisotopic (exact) mass is 307 g/mol. The van der Waals surface area contributed by atoms with Crippen molar-refractivity contribution in [3.63, 3.8) is 0 Å². The maximum Gasteiger partial charge on any atom is 0.330 e. The number of carbonyl (C=O) groups is 2. The van der Waals surface area contributed by atoms with Crippen LogP contribution in [0.5, 0.6) is 0 Å². The first-order chi connectivity index (χ1) is 10.5. The molecule has 22 heavy (non-hydrogen) atoms. The zero-order valence-corrected chi connectivity index (χ0v) is 13.7. The van der Waals surface area contributed by atoms with Gasteiger partial charge in [-0.1, -0.05) is 37.3 Å². The van der Waals surface area contributed by atoms with Crippen LogP contribution in [0, 0.1) is 0 Å². The van der Waals surface area contributed by atoms with Crippen LogP contribution in [0.1, 0.15) is 31.7 Å². The molecular formula is C17H25NO4. The first-order valence-corrected chi connectivity index (χ1v) is 7.47. The number of methoxy groups -OCH3 is 1. The second kappa shape index (κ2) is 9.20. The molecule has 0 fully saturated rings. The Morgan fingerprint density at radius 3 is 2.41 bits per heavy atom. The molecule has 122 valence electrons. The van der Waals surface area contributed by atoms with E-state index in [1.807, 2.05) is 44.2 Å². The quantitative estimate of drug-likeness (QED) is 0.691. The van der Waals surface area contributed by atoms with Crippen LogP contribution in [0.25, 0.3) is 0 Å². The van der Waals surface area contributed by atoms with E-state index in [0.29, 0.717) is 13.0 Å². The summed E-state index contributed by atoms with van der Waals surface area (Å²) >= 11 is 0. The summed E-state index contributed by atoms with van der Waals surface area (Å²) < 4.78 is 10.0. The van der Waals surface area contributed by atoms with Gasteiger partial charge >= 0.3 is 5.97 Å². The predicted octanol–water partition coefficient (Wildman–Crippen LogP) is 2.22. The van der Waals surface area contributed by atoms with Crippen molar-refractivity contribution in [2.75, 3.05) is 27.4 Å². The van der Waals surface area contributed by atoms with Crippen LogP contribution in [0.3, 0.4) is 0 Å². The lowest BCUT2D eigenvalue weighted by Gasteiger charge is -2.27. The van der Waals surface area contributed by atoms with Crippen molar-refractivity contribution in [3.8, 4) is 0 Å². The third-order valence-corrected chi connectivity index (χ3v) is 3.66. The number of hydrogen-bond donors (Lipinski definition) is 0. The smallest absolute Gasteiger partial charge is 0.330 e. The predicted molar refractivity (Wildman–Crippen MR) is 84.5 cm³/mol. The minimum absolute atomic E-state index is 0.0848. The third kappa shape index (κ3) is 5.15. The molecule has 0 unspecified atom stereocenters. The number of esters is 1. The molecule has 0 aliphatic rings. The number of carbonyl (C=O) groups excluding carboxylic acids is 2. The van der Waals surface area contributed by atoms with Crippen molar-refractivity contribution in [1.82, 2.24) is 4.90 Å². The highest BCUT2D eigenvalue weighted by Gasteiger charge is 2.28. The van der Waals surface area contributed by atoms with Crippen LogP contribution in [-0.2, 0) is 19.1 Å². The van der Waals surface area contributed by atoms with Crippen LogP contribution < -0.4 is 0 Å². The molecule has 1 aromatic rings. The lowest BCUT2D eigenvalue weighted by atomic mass is 9.97. The van der Waals surface area contributed by atoms with E-state index in [-0.39, 0.29) is 18.4 Å². The average molecular weight is 307 g/mol. The van der Waals surface area contributed by atoms with Gasteiger partial charge in [0.2, 0.25) is 5.91 Å². The largest absolute Gasteiger partial charge is 0.467 e. The van der Waals surface area contributed by atoms with Gasteiger partial charge in [0.1, 0.15) is 0 Å². The van der Waals surface area contributed by atoms with Crippen molar-refractivity contribution >= 4 is 11.9 Å². The van der Waals surface area contributed by atoms with Gasteiger partial charge < -0.3 is 14.4 Å². The van der Waals surface area contributed by atoms with E-state index in [1.54, 1.807) is 7.05 Å². The lowest BCUT2D eigenvalue weighted by molar-refractivity contribution is -0.154. The van der Waals surface area contributed by atoms with Crippen molar-refractivity contribution in [2.45, 2.75) is 32.2 Å².